The summed E-state index contributed by atoms with van der Waals surface area (Å²) < 4.78 is 20.8. The third-order valence-corrected chi connectivity index (χ3v) is 4.10. The molecular formula is C22H16N2O6. The molecule has 0 aliphatic rings. The first-order valence-corrected chi connectivity index (χ1v) is 9.01. The molecule has 150 valence electrons. The van der Waals surface area contributed by atoms with E-state index in [0.29, 0.717) is 17.1 Å². The van der Waals surface area contributed by atoms with Crippen molar-refractivity contribution in [3.63, 3.8) is 0 Å². The Morgan fingerprint density at radius 1 is 0.933 bits per heavy atom. The Morgan fingerprint density at radius 2 is 1.63 bits per heavy atom. The van der Waals surface area contributed by atoms with E-state index >= 15 is 0 Å². The molecule has 0 saturated heterocycles. The Bertz CT molecular complexity index is 1150. The molecule has 4 rings (SSSR count). The molecule has 4 aromatic rings. The summed E-state index contributed by atoms with van der Waals surface area (Å²) in [5.74, 6) is 0.418. The van der Waals surface area contributed by atoms with Crippen LogP contribution in [0.2, 0.25) is 0 Å². The first kappa shape index (κ1) is 19.1. The van der Waals surface area contributed by atoms with E-state index in [0.717, 1.165) is 11.1 Å². The maximum atomic E-state index is 12.3. The van der Waals surface area contributed by atoms with Gasteiger partial charge in [0.05, 0.1) is 11.8 Å². The Labute approximate surface area is 171 Å². The number of benzene rings is 2. The smallest absolute Gasteiger partial charge is 0.338 e. The molecular weight excluding hydrogens is 388 g/mol. The minimum atomic E-state index is -0.510. The summed E-state index contributed by atoms with van der Waals surface area (Å²) >= 11 is 0. The number of nitrogens with zero attached hydrogens (tertiary/aromatic N) is 2. The molecule has 2 aromatic heterocycles. The fourth-order valence-corrected chi connectivity index (χ4v) is 2.70. The maximum absolute atomic E-state index is 12.3. The minimum absolute atomic E-state index is 0.147. The van der Waals surface area contributed by atoms with Gasteiger partial charge in [-0.2, -0.15) is 0 Å². The summed E-state index contributed by atoms with van der Waals surface area (Å²) in [6, 6.07) is 17.4. The van der Waals surface area contributed by atoms with Gasteiger partial charge in [0.2, 0.25) is 0 Å². The highest BCUT2D eigenvalue weighted by atomic mass is 16.5. The molecule has 8 heteroatoms. The lowest BCUT2D eigenvalue weighted by molar-refractivity contribution is -0.131. The molecule has 0 aliphatic carbocycles. The van der Waals surface area contributed by atoms with Crippen molar-refractivity contribution in [1.29, 1.82) is 0 Å². The van der Waals surface area contributed by atoms with Gasteiger partial charge < -0.3 is 18.3 Å². The molecule has 0 unspecified atom stereocenters. The minimum Gasteiger partial charge on any atom is -0.459 e. The predicted octanol–water partition coefficient (Wildman–Crippen LogP) is 4.28. The zero-order valence-corrected chi connectivity index (χ0v) is 15.9. The van der Waals surface area contributed by atoms with Crippen LogP contribution in [0.3, 0.4) is 0 Å². The van der Waals surface area contributed by atoms with E-state index < -0.39 is 5.97 Å². The fraction of sp³-hybridized carbons (Fsp3) is 0.0909. The highest BCUT2D eigenvalue weighted by molar-refractivity contribution is 5.90. The summed E-state index contributed by atoms with van der Waals surface area (Å²) in [6.45, 7) is 1.20. The van der Waals surface area contributed by atoms with Crippen LogP contribution in [0.1, 0.15) is 23.2 Å². The van der Waals surface area contributed by atoms with E-state index in [-0.39, 0.29) is 24.4 Å². The van der Waals surface area contributed by atoms with Crippen LogP contribution in [0.5, 0.6) is 5.75 Å². The second-order valence-electron chi connectivity index (χ2n) is 6.25. The Morgan fingerprint density at radius 3 is 2.27 bits per heavy atom. The molecule has 0 aliphatic heterocycles. The summed E-state index contributed by atoms with van der Waals surface area (Å²) in [5, 5.41) is 7.68. The van der Waals surface area contributed by atoms with Gasteiger partial charge in [0, 0.05) is 6.92 Å². The first-order valence-electron chi connectivity index (χ1n) is 9.01. The van der Waals surface area contributed by atoms with Gasteiger partial charge in [-0.1, -0.05) is 24.3 Å². The third kappa shape index (κ3) is 4.44. The molecule has 0 amide bonds. The molecule has 2 aromatic carbocycles. The topological polar surface area (TPSA) is 105 Å². The first-order chi connectivity index (χ1) is 14.6. The van der Waals surface area contributed by atoms with Crippen LogP contribution in [0.15, 0.2) is 75.8 Å². The Balaban J connectivity index is 1.36. The molecule has 0 saturated carbocycles. The molecule has 2 heterocycles. The summed E-state index contributed by atoms with van der Waals surface area (Å²) in [6.07, 6.45) is 1.50. The number of rotatable bonds is 6. The van der Waals surface area contributed by atoms with Crippen LogP contribution in [0.4, 0.5) is 0 Å². The number of carbonyl (C=O) groups is 2. The van der Waals surface area contributed by atoms with Gasteiger partial charge in [0.25, 0.3) is 11.8 Å². The standard InChI is InChI=1S/C22H16N2O6/c1-14(25)29-18-10-8-16(9-11-18)15-4-6-17(7-5-15)22(26)28-13-20-23-24-21(30-20)19-3-2-12-27-19/h2-12H,13H2,1H3. The van der Waals surface area contributed by atoms with Gasteiger partial charge in [-0.3, -0.25) is 4.79 Å². The molecule has 8 nitrogen and oxygen atoms in total. The van der Waals surface area contributed by atoms with Crippen LogP contribution in [-0.4, -0.2) is 22.1 Å². The second kappa shape index (κ2) is 8.44. The van der Waals surface area contributed by atoms with Gasteiger partial charge in [-0.15, -0.1) is 10.2 Å². The lowest BCUT2D eigenvalue weighted by Gasteiger charge is -2.06. The van der Waals surface area contributed by atoms with E-state index in [9.17, 15) is 9.59 Å². The van der Waals surface area contributed by atoms with Crippen LogP contribution in [0, 0.1) is 0 Å². The van der Waals surface area contributed by atoms with Gasteiger partial charge >= 0.3 is 11.9 Å². The largest absolute Gasteiger partial charge is 0.459 e. The van der Waals surface area contributed by atoms with E-state index in [1.54, 1.807) is 48.5 Å². The highest BCUT2D eigenvalue weighted by Gasteiger charge is 2.14. The Kier molecular flexibility index (Phi) is 5.38. The lowest BCUT2D eigenvalue weighted by atomic mass is 10.0. The SMILES string of the molecule is CC(=O)Oc1ccc(-c2ccc(C(=O)OCc3nnc(-c4ccco4)o3)cc2)cc1. The molecule has 30 heavy (non-hydrogen) atoms. The van der Waals surface area contributed by atoms with E-state index in [2.05, 4.69) is 10.2 Å². The van der Waals surface area contributed by atoms with Crippen LogP contribution < -0.4 is 4.74 Å². The molecule has 0 spiro atoms. The maximum Gasteiger partial charge on any atom is 0.338 e. The number of aromatic nitrogens is 2. The van der Waals surface area contributed by atoms with E-state index in [1.807, 2.05) is 12.1 Å². The number of hydrogen-bond acceptors (Lipinski definition) is 8. The van der Waals surface area contributed by atoms with Crippen molar-refractivity contribution < 1.29 is 27.9 Å². The quantitative estimate of drug-likeness (QED) is 0.346. The van der Waals surface area contributed by atoms with Crippen LogP contribution >= 0.6 is 0 Å². The van der Waals surface area contributed by atoms with Gasteiger partial charge in [-0.05, 0) is 47.5 Å². The number of hydrogen-bond donors (Lipinski definition) is 0. The highest BCUT2D eigenvalue weighted by Crippen LogP contribution is 2.23. The van der Waals surface area contributed by atoms with Gasteiger partial charge in [0.1, 0.15) is 5.75 Å². The van der Waals surface area contributed by atoms with E-state index in [1.165, 1.54) is 13.2 Å². The summed E-state index contributed by atoms with van der Waals surface area (Å²) in [5.41, 5.74) is 2.21. The summed E-state index contributed by atoms with van der Waals surface area (Å²) in [4.78, 5) is 23.3. The van der Waals surface area contributed by atoms with Gasteiger partial charge in [0.15, 0.2) is 12.4 Å². The number of furan rings is 1. The van der Waals surface area contributed by atoms with Crippen LogP contribution in [0.25, 0.3) is 22.8 Å². The fourth-order valence-electron chi connectivity index (χ4n) is 2.70. The molecule has 0 N–H and O–H groups in total. The normalized spacial score (nSPS) is 10.6. The second-order valence-corrected chi connectivity index (χ2v) is 6.25. The van der Waals surface area contributed by atoms with Crippen molar-refractivity contribution >= 4 is 11.9 Å². The van der Waals surface area contributed by atoms with Crippen molar-refractivity contribution in [3.05, 3.63) is 78.4 Å². The number of carbonyl (C=O) groups excluding carboxylic acids is 2. The average molecular weight is 404 g/mol. The van der Waals surface area contributed by atoms with Crippen LogP contribution in [-0.2, 0) is 16.1 Å². The van der Waals surface area contributed by atoms with Crippen molar-refractivity contribution in [2.75, 3.05) is 0 Å². The zero-order chi connectivity index (χ0) is 20.9. The monoisotopic (exact) mass is 404 g/mol. The average Bonchev–Trinajstić information content (AvgIpc) is 3.44. The van der Waals surface area contributed by atoms with E-state index in [4.69, 9.17) is 18.3 Å². The zero-order valence-electron chi connectivity index (χ0n) is 15.9. The molecule has 0 fully saturated rings. The number of esters is 2. The molecule has 0 radical (unpaired) electrons. The van der Waals surface area contributed by atoms with Gasteiger partial charge in [-0.25, -0.2) is 4.79 Å². The van der Waals surface area contributed by atoms with Crippen molar-refractivity contribution in [2.24, 2.45) is 0 Å². The predicted molar refractivity (Wildman–Crippen MR) is 104 cm³/mol. The van der Waals surface area contributed by atoms with Crippen molar-refractivity contribution in [1.82, 2.24) is 10.2 Å². The molecule has 0 bridgehead atoms. The Hall–Kier alpha value is -4.20. The van der Waals surface area contributed by atoms with Crippen molar-refractivity contribution in [3.8, 4) is 28.5 Å². The van der Waals surface area contributed by atoms with Crippen molar-refractivity contribution in [2.45, 2.75) is 13.5 Å². The molecule has 0 atom stereocenters. The number of ether oxygens (including phenoxy) is 2. The summed E-state index contributed by atoms with van der Waals surface area (Å²) in [7, 11) is 0. The lowest BCUT2D eigenvalue weighted by Crippen LogP contribution is -2.05. The third-order valence-electron chi connectivity index (χ3n) is 4.10.